The van der Waals surface area contributed by atoms with Gasteiger partial charge in [-0.25, -0.2) is 0 Å². The zero-order valence-corrected chi connectivity index (χ0v) is 14.8. The van der Waals surface area contributed by atoms with Crippen molar-refractivity contribution >= 4 is 56.9 Å². The van der Waals surface area contributed by atoms with Crippen molar-refractivity contribution in [3.63, 3.8) is 0 Å². The van der Waals surface area contributed by atoms with Crippen molar-refractivity contribution in [1.82, 2.24) is 10.2 Å². The quantitative estimate of drug-likeness (QED) is 0.697. The molecule has 0 aliphatic carbocycles. The van der Waals surface area contributed by atoms with E-state index in [1.165, 1.54) is 18.4 Å². The summed E-state index contributed by atoms with van der Waals surface area (Å²) >= 11 is 15.0. The number of halogens is 2. The predicted octanol–water partition coefficient (Wildman–Crippen LogP) is 4.83. The number of ether oxygens (including phenoxy) is 1. The number of hydrogen-bond donors (Lipinski definition) is 1. The zero-order valence-electron chi connectivity index (χ0n) is 11.7. The minimum Gasteiger partial charge on any atom is -0.494 e. The summed E-state index contributed by atoms with van der Waals surface area (Å²) in [6.07, 6.45) is 0. The molecule has 0 spiro atoms. The van der Waals surface area contributed by atoms with Gasteiger partial charge in [0.05, 0.1) is 22.0 Å². The van der Waals surface area contributed by atoms with Crippen LogP contribution in [0, 0.1) is 0 Å². The van der Waals surface area contributed by atoms with Gasteiger partial charge in [-0.3, -0.25) is 10.1 Å². The van der Waals surface area contributed by atoms with Crippen LogP contribution in [0.5, 0.6) is 5.75 Å². The van der Waals surface area contributed by atoms with Crippen LogP contribution in [0.15, 0.2) is 29.6 Å². The fourth-order valence-corrected chi connectivity index (χ4v) is 3.88. The topological polar surface area (TPSA) is 64.1 Å². The van der Waals surface area contributed by atoms with E-state index in [2.05, 4.69) is 15.5 Å². The summed E-state index contributed by atoms with van der Waals surface area (Å²) in [5.41, 5.74) is 0.162. The normalized spacial score (nSPS) is 10.6. The van der Waals surface area contributed by atoms with E-state index in [0.29, 0.717) is 10.2 Å². The molecule has 0 fully saturated rings. The molecule has 3 rings (SSSR count). The number of thiophene rings is 1. The highest BCUT2D eigenvalue weighted by molar-refractivity contribution is 7.23. The predicted molar refractivity (Wildman–Crippen MR) is 94.2 cm³/mol. The SMILES string of the molecule is COc1c(Cl)ccc(Cl)c1C(=O)Nc1nnc(-c2cccs2)s1. The first-order valence-electron chi connectivity index (χ1n) is 6.31. The molecular weight excluding hydrogens is 377 g/mol. The van der Waals surface area contributed by atoms with Gasteiger partial charge in [0.15, 0.2) is 10.8 Å². The van der Waals surface area contributed by atoms with Crippen LogP contribution in [0.2, 0.25) is 10.0 Å². The smallest absolute Gasteiger partial charge is 0.262 e. The molecule has 5 nitrogen and oxygen atoms in total. The van der Waals surface area contributed by atoms with E-state index < -0.39 is 5.91 Å². The van der Waals surface area contributed by atoms with E-state index in [9.17, 15) is 4.79 Å². The number of benzene rings is 1. The first kappa shape index (κ1) is 16.2. The highest BCUT2D eigenvalue weighted by Crippen LogP contribution is 2.35. The number of amides is 1. The largest absolute Gasteiger partial charge is 0.494 e. The summed E-state index contributed by atoms with van der Waals surface area (Å²) in [5.74, 6) is -0.233. The van der Waals surface area contributed by atoms with Gasteiger partial charge in [-0.05, 0) is 23.6 Å². The molecule has 2 aromatic heterocycles. The van der Waals surface area contributed by atoms with Crippen LogP contribution in [0.3, 0.4) is 0 Å². The number of nitrogens with zero attached hydrogens (tertiary/aromatic N) is 2. The van der Waals surface area contributed by atoms with Crippen molar-refractivity contribution in [1.29, 1.82) is 0 Å². The Kier molecular flexibility index (Phi) is 4.82. The van der Waals surface area contributed by atoms with Crippen molar-refractivity contribution < 1.29 is 9.53 Å². The molecule has 1 N–H and O–H groups in total. The maximum Gasteiger partial charge on any atom is 0.262 e. The molecule has 0 atom stereocenters. The van der Waals surface area contributed by atoms with E-state index >= 15 is 0 Å². The average Bonchev–Trinajstić information content (AvgIpc) is 3.19. The Bertz CT molecular complexity index is 850. The van der Waals surface area contributed by atoms with Crippen LogP contribution >= 0.6 is 45.9 Å². The molecule has 23 heavy (non-hydrogen) atoms. The van der Waals surface area contributed by atoms with Crippen LogP contribution in [0.1, 0.15) is 10.4 Å². The maximum atomic E-state index is 12.5. The van der Waals surface area contributed by atoms with Crippen molar-refractivity contribution in [3.05, 3.63) is 45.3 Å². The molecule has 118 valence electrons. The van der Waals surface area contributed by atoms with Gasteiger partial charge in [0, 0.05) is 0 Å². The van der Waals surface area contributed by atoms with E-state index in [1.807, 2.05) is 17.5 Å². The van der Waals surface area contributed by atoms with Gasteiger partial charge < -0.3 is 4.74 Å². The van der Waals surface area contributed by atoms with E-state index in [-0.39, 0.29) is 16.3 Å². The Morgan fingerprint density at radius 1 is 1.22 bits per heavy atom. The van der Waals surface area contributed by atoms with Gasteiger partial charge in [0.2, 0.25) is 5.13 Å². The lowest BCUT2D eigenvalue weighted by molar-refractivity contribution is 0.102. The van der Waals surface area contributed by atoms with Crippen molar-refractivity contribution in [2.75, 3.05) is 12.4 Å². The molecular formula is C14H9Cl2N3O2S2. The second-order valence-corrected chi connectivity index (χ2v) is 7.02. The Labute approximate surface area is 149 Å². The number of rotatable bonds is 4. The second-order valence-electron chi connectivity index (χ2n) is 4.28. The monoisotopic (exact) mass is 385 g/mol. The molecule has 0 unspecified atom stereocenters. The molecule has 0 aliphatic rings. The summed E-state index contributed by atoms with van der Waals surface area (Å²) in [4.78, 5) is 13.5. The molecule has 3 aromatic rings. The van der Waals surface area contributed by atoms with E-state index in [0.717, 1.165) is 9.88 Å². The summed E-state index contributed by atoms with van der Waals surface area (Å²) in [6.45, 7) is 0. The number of hydrogen-bond acceptors (Lipinski definition) is 6. The number of carbonyl (C=O) groups is 1. The molecule has 9 heteroatoms. The highest BCUT2D eigenvalue weighted by Gasteiger charge is 2.21. The first-order valence-corrected chi connectivity index (χ1v) is 8.76. The summed E-state index contributed by atoms with van der Waals surface area (Å²) in [7, 11) is 1.42. The van der Waals surface area contributed by atoms with Gasteiger partial charge >= 0.3 is 0 Å². The van der Waals surface area contributed by atoms with E-state index in [1.54, 1.807) is 23.5 Å². The first-order chi connectivity index (χ1) is 11.1. The molecule has 1 aromatic carbocycles. The minimum atomic E-state index is -0.455. The lowest BCUT2D eigenvalue weighted by Crippen LogP contribution is -2.14. The number of methoxy groups -OCH3 is 1. The molecule has 0 saturated heterocycles. The zero-order chi connectivity index (χ0) is 16.4. The summed E-state index contributed by atoms with van der Waals surface area (Å²) in [6, 6.07) is 6.97. The van der Waals surface area contributed by atoms with Gasteiger partial charge in [-0.1, -0.05) is 40.6 Å². The maximum absolute atomic E-state index is 12.5. The molecule has 0 saturated carbocycles. The molecule has 0 aliphatic heterocycles. The van der Waals surface area contributed by atoms with E-state index in [4.69, 9.17) is 27.9 Å². The minimum absolute atomic E-state index is 0.162. The number of aromatic nitrogens is 2. The van der Waals surface area contributed by atoms with Gasteiger partial charge in [-0.2, -0.15) is 0 Å². The third kappa shape index (κ3) is 3.32. The highest BCUT2D eigenvalue weighted by atomic mass is 35.5. The number of nitrogens with one attached hydrogen (secondary N) is 1. The summed E-state index contributed by atoms with van der Waals surface area (Å²) < 4.78 is 5.17. The van der Waals surface area contributed by atoms with Gasteiger partial charge in [0.25, 0.3) is 5.91 Å². The second kappa shape index (κ2) is 6.84. The fraction of sp³-hybridized carbons (Fsp3) is 0.0714. The molecule has 1 amide bonds. The third-order valence-electron chi connectivity index (χ3n) is 2.87. The lowest BCUT2D eigenvalue weighted by Gasteiger charge is -2.10. The standard InChI is InChI=1S/C14H9Cl2N3O2S2/c1-21-11-8(16)5-4-7(15)10(11)12(20)17-14-19-18-13(23-14)9-3-2-6-22-9/h2-6H,1H3,(H,17,19,20). The Balaban J connectivity index is 1.87. The van der Waals surface area contributed by atoms with Crippen molar-refractivity contribution in [2.24, 2.45) is 0 Å². The van der Waals surface area contributed by atoms with Gasteiger partial charge in [-0.15, -0.1) is 21.5 Å². The fourth-order valence-electron chi connectivity index (χ4n) is 1.88. The molecule has 0 bridgehead atoms. The Hall–Kier alpha value is -1.67. The Morgan fingerprint density at radius 3 is 2.70 bits per heavy atom. The number of carbonyl (C=O) groups excluding carboxylic acids is 1. The lowest BCUT2D eigenvalue weighted by atomic mass is 10.2. The Morgan fingerprint density at radius 2 is 2.00 bits per heavy atom. The van der Waals surface area contributed by atoms with Crippen LogP contribution in [0.25, 0.3) is 9.88 Å². The molecule has 2 heterocycles. The molecule has 0 radical (unpaired) electrons. The average molecular weight is 386 g/mol. The van der Waals surface area contributed by atoms with Crippen LogP contribution in [0.4, 0.5) is 5.13 Å². The third-order valence-corrected chi connectivity index (χ3v) is 5.36. The number of anilines is 1. The van der Waals surface area contributed by atoms with Crippen molar-refractivity contribution in [3.8, 4) is 15.6 Å². The summed E-state index contributed by atoms with van der Waals surface area (Å²) in [5, 5.41) is 14.3. The van der Waals surface area contributed by atoms with Crippen LogP contribution in [-0.4, -0.2) is 23.2 Å². The van der Waals surface area contributed by atoms with Crippen molar-refractivity contribution in [2.45, 2.75) is 0 Å². The van der Waals surface area contributed by atoms with Crippen LogP contribution < -0.4 is 10.1 Å². The van der Waals surface area contributed by atoms with Gasteiger partial charge in [0.1, 0.15) is 5.56 Å². The van der Waals surface area contributed by atoms with Crippen LogP contribution in [-0.2, 0) is 0 Å².